The molecular weight excluding hydrogens is 394 g/mol. The Morgan fingerprint density at radius 3 is 2.57 bits per heavy atom. The molecule has 0 aromatic carbocycles. The Morgan fingerprint density at radius 1 is 1.27 bits per heavy atom. The quantitative estimate of drug-likeness (QED) is 0.715. The van der Waals surface area contributed by atoms with E-state index in [1.165, 1.54) is 4.90 Å². The summed E-state index contributed by atoms with van der Waals surface area (Å²) in [6.45, 7) is 9.08. The van der Waals surface area contributed by atoms with Gasteiger partial charge in [0.2, 0.25) is 17.7 Å². The highest BCUT2D eigenvalue weighted by atomic mass is 16.6. The van der Waals surface area contributed by atoms with Crippen molar-refractivity contribution in [3.05, 3.63) is 11.7 Å². The molecule has 0 saturated carbocycles. The number of rotatable bonds is 5. The fourth-order valence-corrected chi connectivity index (χ4v) is 3.51. The summed E-state index contributed by atoms with van der Waals surface area (Å²) in [5, 5.41) is 6.38. The van der Waals surface area contributed by atoms with Gasteiger partial charge in [-0.3, -0.25) is 9.59 Å². The molecular formula is C19H29N5O6. The van der Waals surface area contributed by atoms with Gasteiger partial charge in [-0.25, -0.2) is 4.79 Å². The lowest BCUT2D eigenvalue weighted by atomic mass is 10.1. The number of likely N-dealkylation sites (tertiary alicyclic amines) is 1. The molecule has 0 spiro atoms. The van der Waals surface area contributed by atoms with Gasteiger partial charge in [0.1, 0.15) is 17.7 Å². The van der Waals surface area contributed by atoms with E-state index in [1.807, 2.05) is 0 Å². The highest BCUT2D eigenvalue weighted by molar-refractivity contribution is 5.93. The van der Waals surface area contributed by atoms with Crippen molar-refractivity contribution in [3.8, 4) is 0 Å². The smallest absolute Gasteiger partial charge is 0.408 e. The SMILES string of the molecule is Cc1noc(C[C@@H](C(=O)N2CCOCC2)N2CC[C@H](NC(=O)OC(C)(C)C)C2=O)n1. The normalized spacial score (nSPS) is 20.9. The summed E-state index contributed by atoms with van der Waals surface area (Å²) in [7, 11) is 0. The molecule has 2 fully saturated rings. The maximum absolute atomic E-state index is 13.2. The molecule has 3 amide bonds. The number of morpholine rings is 1. The minimum absolute atomic E-state index is 0.113. The standard InChI is InChI=1S/C19H29N5O6/c1-12-20-15(30-22-12)11-14(17(26)23-7-9-28-10-8-23)24-6-5-13(16(24)25)21-18(27)29-19(2,3)4/h13-14H,5-11H2,1-4H3,(H,21,27)/t13-,14-/m0/s1. The van der Waals surface area contributed by atoms with Crippen molar-refractivity contribution in [3.63, 3.8) is 0 Å². The molecule has 3 heterocycles. The van der Waals surface area contributed by atoms with Gasteiger partial charge in [0.25, 0.3) is 0 Å². The Hall–Kier alpha value is -2.69. The summed E-state index contributed by atoms with van der Waals surface area (Å²) >= 11 is 0. The van der Waals surface area contributed by atoms with Crippen molar-refractivity contribution in [1.82, 2.24) is 25.3 Å². The lowest BCUT2D eigenvalue weighted by molar-refractivity contribution is -0.147. The van der Waals surface area contributed by atoms with Gasteiger partial charge in [-0.15, -0.1) is 0 Å². The number of carbonyl (C=O) groups excluding carboxylic acids is 3. The number of hydrogen-bond acceptors (Lipinski definition) is 8. The molecule has 1 N–H and O–H groups in total. The molecule has 11 nitrogen and oxygen atoms in total. The topological polar surface area (TPSA) is 127 Å². The van der Waals surface area contributed by atoms with Crippen LogP contribution in [0.4, 0.5) is 4.79 Å². The monoisotopic (exact) mass is 423 g/mol. The molecule has 166 valence electrons. The van der Waals surface area contributed by atoms with E-state index in [4.69, 9.17) is 14.0 Å². The number of aromatic nitrogens is 2. The van der Waals surface area contributed by atoms with Crippen molar-refractivity contribution < 1.29 is 28.4 Å². The maximum atomic E-state index is 13.2. The van der Waals surface area contributed by atoms with E-state index >= 15 is 0 Å². The predicted molar refractivity (Wildman–Crippen MR) is 103 cm³/mol. The summed E-state index contributed by atoms with van der Waals surface area (Å²) in [4.78, 5) is 45.7. The van der Waals surface area contributed by atoms with Crippen LogP contribution in [0.1, 0.15) is 38.9 Å². The van der Waals surface area contributed by atoms with Gasteiger partial charge in [0.15, 0.2) is 5.82 Å². The van der Waals surface area contributed by atoms with Crippen LogP contribution < -0.4 is 5.32 Å². The van der Waals surface area contributed by atoms with Crippen molar-refractivity contribution in [2.75, 3.05) is 32.8 Å². The summed E-state index contributed by atoms with van der Waals surface area (Å²) < 4.78 is 15.8. The minimum Gasteiger partial charge on any atom is -0.444 e. The largest absolute Gasteiger partial charge is 0.444 e. The summed E-state index contributed by atoms with van der Waals surface area (Å²) in [6, 6.07) is -1.54. The molecule has 0 radical (unpaired) electrons. The summed E-state index contributed by atoms with van der Waals surface area (Å²) in [6.07, 6.45) is -0.165. The summed E-state index contributed by atoms with van der Waals surface area (Å²) in [5.41, 5.74) is -0.671. The van der Waals surface area contributed by atoms with Crippen molar-refractivity contribution in [2.45, 2.75) is 58.2 Å². The third-order valence-electron chi connectivity index (χ3n) is 4.85. The number of aryl methyl sites for hydroxylation is 1. The van der Waals surface area contributed by atoms with Crippen molar-refractivity contribution in [1.29, 1.82) is 0 Å². The average molecular weight is 423 g/mol. The van der Waals surface area contributed by atoms with Crippen molar-refractivity contribution in [2.24, 2.45) is 0 Å². The van der Waals surface area contributed by atoms with Crippen LogP contribution in [0.3, 0.4) is 0 Å². The molecule has 0 aliphatic carbocycles. The lowest BCUT2D eigenvalue weighted by Crippen LogP contribution is -2.54. The number of ether oxygens (including phenoxy) is 2. The van der Waals surface area contributed by atoms with Gasteiger partial charge in [-0.1, -0.05) is 5.16 Å². The van der Waals surface area contributed by atoms with Crippen LogP contribution >= 0.6 is 0 Å². The van der Waals surface area contributed by atoms with Crippen LogP contribution in [-0.4, -0.2) is 88.4 Å². The van der Waals surface area contributed by atoms with E-state index in [2.05, 4.69) is 15.5 Å². The Morgan fingerprint density at radius 2 is 1.97 bits per heavy atom. The van der Waals surface area contributed by atoms with Gasteiger partial charge < -0.3 is 29.1 Å². The number of nitrogens with zero attached hydrogens (tertiary/aromatic N) is 4. The Balaban J connectivity index is 1.73. The number of carbonyl (C=O) groups is 3. The van der Waals surface area contributed by atoms with E-state index in [-0.39, 0.29) is 24.1 Å². The van der Waals surface area contributed by atoms with Gasteiger partial charge in [0, 0.05) is 19.6 Å². The van der Waals surface area contributed by atoms with Crippen LogP contribution in [-0.2, 0) is 25.5 Å². The van der Waals surface area contributed by atoms with E-state index in [9.17, 15) is 14.4 Å². The van der Waals surface area contributed by atoms with Gasteiger partial charge in [-0.05, 0) is 34.1 Å². The molecule has 30 heavy (non-hydrogen) atoms. The third-order valence-corrected chi connectivity index (χ3v) is 4.85. The molecule has 11 heteroatoms. The van der Waals surface area contributed by atoms with Crippen LogP contribution in [0.5, 0.6) is 0 Å². The van der Waals surface area contributed by atoms with Gasteiger partial charge >= 0.3 is 6.09 Å². The molecule has 0 unspecified atom stereocenters. The third kappa shape index (κ3) is 5.47. The average Bonchev–Trinajstić information content (AvgIpc) is 3.24. The lowest BCUT2D eigenvalue weighted by Gasteiger charge is -2.34. The number of hydrogen-bond donors (Lipinski definition) is 1. The molecule has 0 bridgehead atoms. The van der Waals surface area contributed by atoms with Crippen LogP contribution in [0.25, 0.3) is 0 Å². The fraction of sp³-hybridized carbons (Fsp3) is 0.737. The Labute approximate surface area is 175 Å². The van der Waals surface area contributed by atoms with E-state index in [0.29, 0.717) is 45.1 Å². The van der Waals surface area contributed by atoms with Gasteiger partial charge in [-0.2, -0.15) is 4.98 Å². The zero-order valence-corrected chi connectivity index (χ0v) is 17.8. The van der Waals surface area contributed by atoms with E-state index in [1.54, 1.807) is 32.6 Å². The van der Waals surface area contributed by atoms with E-state index < -0.39 is 23.8 Å². The van der Waals surface area contributed by atoms with Crippen LogP contribution in [0.2, 0.25) is 0 Å². The van der Waals surface area contributed by atoms with Crippen LogP contribution in [0, 0.1) is 6.92 Å². The minimum atomic E-state index is -0.791. The molecule has 2 atom stereocenters. The first kappa shape index (κ1) is 22.0. The molecule has 2 aliphatic rings. The Kier molecular flexibility index (Phi) is 6.59. The predicted octanol–water partition coefficient (Wildman–Crippen LogP) is 0.274. The van der Waals surface area contributed by atoms with Gasteiger partial charge in [0.05, 0.1) is 19.6 Å². The highest BCUT2D eigenvalue weighted by Crippen LogP contribution is 2.20. The number of amides is 3. The summed E-state index contributed by atoms with van der Waals surface area (Å²) in [5.74, 6) is 0.222. The molecule has 2 aliphatic heterocycles. The number of alkyl carbamates (subject to hydrolysis) is 1. The first-order chi connectivity index (χ1) is 14.1. The Bertz CT molecular complexity index is 783. The molecule has 2 saturated heterocycles. The first-order valence-electron chi connectivity index (χ1n) is 10.1. The van der Waals surface area contributed by atoms with E-state index in [0.717, 1.165) is 0 Å². The second-order valence-corrected chi connectivity index (χ2v) is 8.41. The molecule has 3 rings (SSSR count). The first-order valence-corrected chi connectivity index (χ1v) is 10.1. The second kappa shape index (κ2) is 8.99. The van der Waals surface area contributed by atoms with Crippen LogP contribution in [0.15, 0.2) is 4.52 Å². The highest BCUT2D eigenvalue weighted by Gasteiger charge is 2.42. The van der Waals surface area contributed by atoms with Crippen molar-refractivity contribution >= 4 is 17.9 Å². The maximum Gasteiger partial charge on any atom is 0.408 e. The fourth-order valence-electron chi connectivity index (χ4n) is 3.51. The zero-order chi connectivity index (χ0) is 21.9. The second-order valence-electron chi connectivity index (χ2n) is 8.41. The molecule has 1 aromatic rings. The zero-order valence-electron chi connectivity index (χ0n) is 17.8. The number of nitrogens with one attached hydrogen (secondary N) is 1. The molecule has 1 aromatic heterocycles.